The molecule has 0 spiro atoms. The highest BCUT2D eigenvalue weighted by atomic mass is 16.5. The molecule has 1 saturated heterocycles. The molecule has 0 N–H and O–H groups in total. The van der Waals surface area contributed by atoms with E-state index in [4.69, 9.17) is 4.74 Å². The second-order valence-electron chi connectivity index (χ2n) is 7.06. The normalized spacial score (nSPS) is 14.2. The van der Waals surface area contributed by atoms with E-state index in [2.05, 4.69) is 13.0 Å². The average molecular weight is 366 g/mol. The quantitative estimate of drug-likeness (QED) is 0.838. The standard InChI is InChI=1S/C22H26N2O3/c1-15-13-17(3)20(14-16(15)2)22(26)24-11-9-23(10-12-24)21(25)18-5-7-19(27-4)8-6-18/h5-8,13-14H,9-12H2,1-4H3. The predicted molar refractivity (Wildman–Crippen MR) is 105 cm³/mol. The van der Waals surface area contributed by atoms with Crippen LogP contribution in [0.15, 0.2) is 36.4 Å². The van der Waals surface area contributed by atoms with Gasteiger partial charge in [-0.3, -0.25) is 9.59 Å². The van der Waals surface area contributed by atoms with Gasteiger partial charge in [-0.25, -0.2) is 0 Å². The molecule has 5 heteroatoms. The molecule has 1 heterocycles. The molecule has 142 valence electrons. The number of nitrogens with zero attached hydrogens (tertiary/aromatic N) is 2. The number of carbonyl (C=O) groups excluding carboxylic acids is 2. The molecule has 1 aliphatic rings. The van der Waals surface area contributed by atoms with Crippen LogP contribution in [-0.2, 0) is 0 Å². The molecule has 3 rings (SSSR count). The summed E-state index contributed by atoms with van der Waals surface area (Å²) in [6, 6.07) is 11.2. The average Bonchev–Trinajstić information content (AvgIpc) is 2.70. The van der Waals surface area contributed by atoms with Crippen molar-refractivity contribution in [1.29, 1.82) is 0 Å². The molecule has 0 aromatic heterocycles. The summed E-state index contributed by atoms with van der Waals surface area (Å²) in [6.07, 6.45) is 0. The maximum Gasteiger partial charge on any atom is 0.254 e. The van der Waals surface area contributed by atoms with Crippen LogP contribution in [0.3, 0.4) is 0 Å². The van der Waals surface area contributed by atoms with E-state index in [9.17, 15) is 9.59 Å². The molecule has 0 saturated carbocycles. The molecule has 1 aliphatic heterocycles. The lowest BCUT2D eigenvalue weighted by Crippen LogP contribution is -2.50. The Hall–Kier alpha value is -2.82. The first-order valence-electron chi connectivity index (χ1n) is 9.21. The fourth-order valence-electron chi connectivity index (χ4n) is 3.39. The molecule has 27 heavy (non-hydrogen) atoms. The van der Waals surface area contributed by atoms with Gasteiger partial charge in [-0.2, -0.15) is 0 Å². The van der Waals surface area contributed by atoms with Crippen LogP contribution in [0.4, 0.5) is 0 Å². The van der Waals surface area contributed by atoms with Crippen molar-refractivity contribution in [3.63, 3.8) is 0 Å². The third-order valence-corrected chi connectivity index (χ3v) is 5.26. The number of ether oxygens (including phenoxy) is 1. The first-order chi connectivity index (χ1) is 12.9. The number of hydrogen-bond donors (Lipinski definition) is 0. The summed E-state index contributed by atoms with van der Waals surface area (Å²) in [5.74, 6) is 0.769. The number of hydrogen-bond acceptors (Lipinski definition) is 3. The number of rotatable bonds is 3. The highest BCUT2D eigenvalue weighted by Crippen LogP contribution is 2.19. The van der Waals surface area contributed by atoms with Gasteiger partial charge in [0.2, 0.25) is 0 Å². The number of methoxy groups -OCH3 is 1. The topological polar surface area (TPSA) is 49.9 Å². The monoisotopic (exact) mass is 366 g/mol. The minimum atomic E-state index is -0.00730. The minimum absolute atomic E-state index is 0.00730. The van der Waals surface area contributed by atoms with E-state index in [1.807, 2.05) is 24.8 Å². The Labute approximate surface area is 160 Å². The molecule has 1 fully saturated rings. The molecule has 5 nitrogen and oxygen atoms in total. The van der Waals surface area contributed by atoms with Crippen LogP contribution in [0.25, 0.3) is 0 Å². The van der Waals surface area contributed by atoms with Crippen molar-refractivity contribution in [2.75, 3.05) is 33.3 Å². The highest BCUT2D eigenvalue weighted by molar-refractivity contribution is 5.97. The van der Waals surface area contributed by atoms with Crippen LogP contribution in [-0.4, -0.2) is 54.9 Å². The molecule has 0 unspecified atom stereocenters. The lowest BCUT2D eigenvalue weighted by Gasteiger charge is -2.35. The second-order valence-corrected chi connectivity index (χ2v) is 7.06. The fourth-order valence-corrected chi connectivity index (χ4v) is 3.39. The van der Waals surface area contributed by atoms with Crippen molar-refractivity contribution in [1.82, 2.24) is 9.80 Å². The van der Waals surface area contributed by atoms with E-state index in [0.717, 1.165) is 22.4 Å². The predicted octanol–water partition coefficient (Wildman–Crippen LogP) is 3.22. The molecule has 0 bridgehead atoms. The zero-order valence-corrected chi connectivity index (χ0v) is 16.4. The summed E-state index contributed by atoms with van der Waals surface area (Å²) in [4.78, 5) is 29.2. The van der Waals surface area contributed by atoms with Crippen LogP contribution in [0.5, 0.6) is 5.75 Å². The number of piperazine rings is 1. The van der Waals surface area contributed by atoms with E-state index in [-0.39, 0.29) is 11.8 Å². The minimum Gasteiger partial charge on any atom is -0.497 e. The van der Waals surface area contributed by atoms with Gasteiger partial charge in [0.25, 0.3) is 11.8 Å². The molecular formula is C22H26N2O3. The molecule has 2 amide bonds. The highest BCUT2D eigenvalue weighted by Gasteiger charge is 2.26. The Kier molecular flexibility index (Phi) is 5.49. The largest absolute Gasteiger partial charge is 0.497 e. The van der Waals surface area contributed by atoms with Gasteiger partial charge in [0, 0.05) is 37.3 Å². The smallest absolute Gasteiger partial charge is 0.254 e. The SMILES string of the molecule is COc1ccc(C(=O)N2CCN(C(=O)c3cc(C)c(C)cc3C)CC2)cc1. The van der Waals surface area contributed by atoms with Crippen molar-refractivity contribution in [2.24, 2.45) is 0 Å². The third-order valence-electron chi connectivity index (χ3n) is 5.26. The van der Waals surface area contributed by atoms with Crippen LogP contribution in [0.2, 0.25) is 0 Å². The lowest BCUT2D eigenvalue weighted by atomic mass is 10.00. The summed E-state index contributed by atoms with van der Waals surface area (Å²) >= 11 is 0. The summed E-state index contributed by atoms with van der Waals surface area (Å²) in [5.41, 5.74) is 4.71. The Morgan fingerprint density at radius 2 is 1.30 bits per heavy atom. The Morgan fingerprint density at radius 3 is 1.85 bits per heavy atom. The summed E-state index contributed by atoms with van der Waals surface area (Å²) in [5, 5.41) is 0. The first kappa shape index (κ1) is 19.0. The van der Waals surface area contributed by atoms with Crippen LogP contribution in [0.1, 0.15) is 37.4 Å². The van der Waals surface area contributed by atoms with Crippen molar-refractivity contribution in [2.45, 2.75) is 20.8 Å². The maximum atomic E-state index is 12.9. The van der Waals surface area contributed by atoms with Gasteiger partial charge in [-0.05, 0) is 67.8 Å². The van der Waals surface area contributed by atoms with Gasteiger partial charge >= 0.3 is 0 Å². The van der Waals surface area contributed by atoms with Crippen molar-refractivity contribution in [3.8, 4) is 5.75 Å². The third kappa shape index (κ3) is 3.97. The number of carbonyl (C=O) groups is 2. The zero-order chi connectivity index (χ0) is 19.6. The molecule has 2 aromatic rings. The maximum absolute atomic E-state index is 12.9. The number of amides is 2. The van der Waals surface area contributed by atoms with Crippen molar-refractivity contribution in [3.05, 3.63) is 64.2 Å². The Morgan fingerprint density at radius 1 is 0.778 bits per heavy atom. The van der Waals surface area contributed by atoms with E-state index in [0.29, 0.717) is 31.7 Å². The number of aryl methyl sites for hydroxylation is 3. The van der Waals surface area contributed by atoms with Crippen LogP contribution in [0, 0.1) is 20.8 Å². The first-order valence-corrected chi connectivity index (χ1v) is 9.21. The summed E-state index contributed by atoms with van der Waals surface area (Å²) in [7, 11) is 1.60. The lowest BCUT2D eigenvalue weighted by molar-refractivity contribution is 0.0535. The van der Waals surface area contributed by atoms with E-state index in [1.165, 1.54) is 5.56 Å². The summed E-state index contributed by atoms with van der Waals surface area (Å²) < 4.78 is 5.13. The van der Waals surface area contributed by atoms with Crippen LogP contribution < -0.4 is 4.74 Å². The molecule has 2 aromatic carbocycles. The second kappa shape index (κ2) is 7.82. The fraction of sp³-hybridized carbons (Fsp3) is 0.364. The van der Waals surface area contributed by atoms with Gasteiger partial charge in [0.15, 0.2) is 0 Å². The Balaban J connectivity index is 1.65. The summed E-state index contributed by atoms with van der Waals surface area (Å²) in [6.45, 7) is 8.24. The van der Waals surface area contributed by atoms with Gasteiger partial charge in [0.05, 0.1) is 7.11 Å². The molecule has 0 aliphatic carbocycles. The van der Waals surface area contributed by atoms with Gasteiger partial charge < -0.3 is 14.5 Å². The van der Waals surface area contributed by atoms with Gasteiger partial charge in [0.1, 0.15) is 5.75 Å². The molecule has 0 atom stereocenters. The van der Waals surface area contributed by atoms with Gasteiger partial charge in [-0.1, -0.05) is 6.07 Å². The Bertz CT molecular complexity index is 851. The van der Waals surface area contributed by atoms with E-state index in [1.54, 1.807) is 36.3 Å². The van der Waals surface area contributed by atoms with Crippen molar-refractivity contribution >= 4 is 11.8 Å². The van der Waals surface area contributed by atoms with E-state index < -0.39 is 0 Å². The number of benzene rings is 2. The molecular weight excluding hydrogens is 340 g/mol. The van der Waals surface area contributed by atoms with Gasteiger partial charge in [-0.15, -0.1) is 0 Å². The molecule has 0 radical (unpaired) electrons. The van der Waals surface area contributed by atoms with Crippen molar-refractivity contribution < 1.29 is 14.3 Å². The zero-order valence-electron chi connectivity index (χ0n) is 16.4. The van der Waals surface area contributed by atoms with E-state index >= 15 is 0 Å². The van der Waals surface area contributed by atoms with Crippen LogP contribution >= 0.6 is 0 Å².